The van der Waals surface area contributed by atoms with Crippen molar-refractivity contribution in [2.24, 2.45) is 0 Å². The Morgan fingerprint density at radius 3 is 2.25 bits per heavy atom. The lowest BCUT2D eigenvalue weighted by Crippen LogP contribution is -2.25. The maximum atomic E-state index is 13.0. The van der Waals surface area contributed by atoms with Gasteiger partial charge in [0.15, 0.2) is 5.82 Å². The van der Waals surface area contributed by atoms with E-state index in [4.69, 9.17) is 0 Å². The third kappa shape index (κ3) is 3.01. The molecule has 20 heavy (non-hydrogen) atoms. The van der Waals surface area contributed by atoms with Crippen LogP contribution in [0.15, 0.2) is 24.3 Å². The predicted molar refractivity (Wildman–Crippen MR) is 78.3 cm³/mol. The molecule has 6 heteroatoms. The fraction of sp³-hybridized carbons (Fsp3) is 0.357. The molecular weight excluding hydrogens is 257 g/mol. The largest absolute Gasteiger partial charge is 0.357 e. The molecule has 0 saturated carbocycles. The first-order valence-electron chi connectivity index (χ1n) is 6.62. The second-order valence-corrected chi connectivity index (χ2v) is 4.21. The molecule has 0 amide bonds. The number of aromatic nitrogens is 3. The van der Waals surface area contributed by atoms with Crippen molar-refractivity contribution in [2.75, 3.05) is 30.4 Å². The van der Waals surface area contributed by atoms with E-state index in [0.717, 1.165) is 18.7 Å². The minimum absolute atomic E-state index is 0.277. The Kier molecular flexibility index (Phi) is 4.45. The van der Waals surface area contributed by atoms with E-state index in [0.29, 0.717) is 17.7 Å². The first-order valence-corrected chi connectivity index (χ1v) is 6.62. The lowest BCUT2D eigenvalue weighted by molar-refractivity contribution is 0.628. The number of halogens is 1. The summed E-state index contributed by atoms with van der Waals surface area (Å²) < 4.78 is 13.0. The first kappa shape index (κ1) is 14.2. The lowest BCUT2D eigenvalue weighted by Gasteiger charge is -2.19. The van der Waals surface area contributed by atoms with Gasteiger partial charge in [-0.1, -0.05) is 0 Å². The number of anilines is 2. The van der Waals surface area contributed by atoms with Crippen LogP contribution in [0.5, 0.6) is 0 Å². The molecule has 0 unspecified atom stereocenters. The molecule has 0 atom stereocenters. The Bertz CT molecular complexity index is 566. The molecule has 0 saturated heterocycles. The van der Waals surface area contributed by atoms with Crippen molar-refractivity contribution >= 4 is 11.9 Å². The Hall–Kier alpha value is -2.24. The van der Waals surface area contributed by atoms with E-state index in [2.05, 4.69) is 20.3 Å². The van der Waals surface area contributed by atoms with Crippen LogP contribution >= 0.6 is 0 Å². The van der Waals surface area contributed by atoms with Crippen molar-refractivity contribution in [3.05, 3.63) is 30.1 Å². The number of nitrogens with zero attached hydrogens (tertiary/aromatic N) is 4. The molecule has 0 aliphatic rings. The van der Waals surface area contributed by atoms with Gasteiger partial charge in [-0.3, -0.25) is 0 Å². The minimum Gasteiger partial charge on any atom is -0.357 e. The molecule has 106 valence electrons. The Balaban J connectivity index is 2.47. The van der Waals surface area contributed by atoms with Gasteiger partial charge >= 0.3 is 0 Å². The summed E-state index contributed by atoms with van der Waals surface area (Å²) in [6, 6.07) is 6.12. The predicted octanol–water partition coefficient (Wildman–Crippen LogP) is 2.57. The highest BCUT2D eigenvalue weighted by atomic mass is 19.1. The maximum Gasteiger partial charge on any atom is 0.230 e. The van der Waals surface area contributed by atoms with Gasteiger partial charge in [0.1, 0.15) is 5.82 Å². The molecule has 1 heterocycles. The quantitative estimate of drug-likeness (QED) is 0.909. The number of nitrogens with one attached hydrogen (secondary N) is 1. The molecule has 1 aromatic heterocycles. The Morgan fingerprint density at radius 1 is 1.05 bits per heavy atom. The van der Waals surface area contributed by atoms with E-state index < -0.39 is 0 Å². The molecule has 1 N–H and O–H groups in total. The average molecular weight is 275 g/mol. The number of rotatable bonds is 5. The maximum absolute atomic E-state index is 13.0. The van der Waals surface area contributed by atoms with Crippen molar-refractivity contribution in [1.82, 2.24) is 15.0 Å². The van der Waals surface area contributed by atoms with Gasteiger partial charge in [-0.25, -0.2) is 4.39 Å². The summed E-state index contributed by atoms with van der Waals surface area (Å²) in [4.78, 5) is 15.2. The van der Waals surface area contributed by atoms with Gasteiger partial charge in [-0.2, -0.15) is 15.0 Å². The summed E-state index contributed by atoms with van der Waals surface area (Å²) in [5.41, 5.74) is 0.763. The fourth-order valence-electron chi connectivity index (χ4n) is 1.85. The second-order valence-electron chi connectivity index (χ2n) is 4.21. The molecule has 0 spiro atoms. The van der Waals surface area contributed by atoms with Gasteiger partial charge in [0.05, 0.1) is 0 Å². The molecule has 1 aromatic carbocycles. The summed E-state index contributed by atoms with van der Waals surface area (Å²) in [6.07, 6.45) is 0. The van der Waals surface area contributed by atoms with Crippen LogP contribution in [0.3, 0.4) is 0 Å². The smallest absolute Gasteiger partial charge is 0.230 e. The zero-order chi connectivity index (χ0) is 14.5. The van der Waals surface area contributed by atoms with Crippen LogP contribution in [0.4, 0.5) is 16.3 Å². The molecule has 0 radical (unpaired) electrons. The lowest BCUT2D eigenvalue weighted by atomic mass is 10.2. The van der Waals surface area contributed by atoms with Crippen LogP contribution in [-0.4, -0.2) is 35.1 Å². The van der Waals surface area contributed by atoms with Crippen LogP contribution < -0.4 is 10.2 Å². The van der Waals surface area contributed by atoms with Crippen LogP contribution in [0.1, 0.15) is 13.8 Å². The van der Waals surface area contributed by atoms with E-state index in [1.54, 1.807) is 19.2 Å². The minimum atomic E-state index is -0.277. The zero-order valence-electron chi connectivity index (χ0n) is 11.9. The van der Waals surface area contributed by atoms with Gasteiger partial charge in [0.25, 0.3) is 0 Å². The summed E-state index contributed by atoms with van der Waals surface area (Å²) in [6.45, 7) is 5.72. The second kappa shape index (κ2) is 6.27. The SMILES string of the molecule is CCN(CC)c1nc(NC)nc(-c2ccc(F)cc2)n1. The average Bonchev–Trinajstić information content (AvgIpc) is 2.49. The summed E-state index contributed by atoms with van der Waals surface area (Å²) in [5.74, 6) is 1.38. The van der Waals surface area contributed by atoms with Crippen molar-refractivity contribution < 1.29 is 4.39 Å². The van der Waals surface area contributed by atoms with Crippen LogP contribution in [0.2, 0.25) is 0 Å². The topological polar surface area (TPSA) is 53.9 Å². The Morgan fingerprint density at radius 2 is 1.70 bits per heavy atom. The fourth-order valence-corrected chi connectivity index (χ4v) is 1.85. The van der Waals surface area contributed by atoms with Gasteiger partial charge in [-0.15, -0.1) is 0 Å². The highest BCUT2D eigenvalue weighted by molar-refractivity contribution is 5.58. The van der Waals surface area contributed by atoms with E-state index in [1.165, 1.54) is 12.1 Å². The highest BCUT2D eigenvalue weighted by Crippen LogP contribution is 2.19. The van der Waals surface area contributed by atoms with Gasteiger partial charge < -0.3 is 10.2 Å². The first-order chi connectivity index (χ1) is 9.67. The molecule has 2 rings (SSSR count). The van der Waals surface area contributed by atoms with Crippen molar-refractivity contribution in [3.8, 4) is 11.4 Å². The van der Waals surface area contributed by atoms with Crippen molar-refractivity contribution in [3.63, 3.8) is 0 Å². The summed E-state index contributed by atoms with van der Waals surface area (Å²) >= 11 is 0. The van der Waals surface area contributed by atoms with Crippen LogP contribution in [0.25, 0.3) is 11.4 Å². The highest BCUT2D eigenvalue weighted by Gasteiger charge is 2.11. The van der Waals surface area contributed by atoms with E-state index in [-0.39, 0.29) is 5.82 Å². The Labute approximate surface area is 117 Å². The van der Waals surface area contributed by atoms with Gasteiger partial charge in [-0.05, 0) is 38.1 Å². The monoisotopic (exact) mass is 275 g/mol. The van der Waals surface area contributed by atoms with E-state index >= 15 is 0 Å². The van der Waals surface area contributed by atoms with Crippen molar-refractivity contribution in [2.45, 2.75) is 13.8 Å². The molecular formula is C14H18FN5. The summed E-state index contributed by atoms with van der Waals surface area (Å²) in [5, 5.41) is 2.93. The number of benzene rings is 1. The molecule has 0 fully saturated rings. The standard InChI is InChI=1S/C14H18FN5/c1-4-20(5-2)14-18-12(17-13(16-3)19-14)10-6-8-11(15)9-7-10/h6-9H,4-5H2,1-3H3,(H,16,17,18,19). The van der Waals surface area contributed by atoms with Gasteiger partial charge in [0.2, 0.25) is 11.9 Å². The molecule has 0 aliphatic carbocycles. The normalized spacial score (nSPS) is 10.4. The zero-order valence-corrected chi connectivity index (χ0v) is 11.9. The van der Waals surface area contributed by atoms with Gasteiger partial charge in [0, 0.05) is 25.7 Å². The van der Waals surface area contributed by atoms with Crippen LogP contribution in [0, 0.1) is 5.82 Å². The molecule has 0 aliphatic heterocycles. The number of hydrogen-bond donors (Lipinski definition) is 1. The molecule has 0 bridgehead atoms. The van der Waals surface area contributed by atoms with E-state index in [9.17, 15) is 4.39 Å². The number of hydrogen-bond acceptors (Lipinski definition) is 5. The van der Waals surface area contributed by atoms with Crippen LogP contribution in [-0.2, 0) is 0 Å². The summed E-state index contributed by atoms with van der Waals surface area (Å²) in [7, 11) is 1.76. The van der Waals surface area contributed by atoms with E-state index in [1.807, 2.05) is 18.7 Å². The molecule has 5 nitrogen and oxygen atoms in total. The third-order valence-electron chi connectivity index (χ3n) is 3.00. The third-order valence-corrected chi connectivity index (χ3v) is 3.00. The molecule has 2 aromatic rings. The van der Waals surface area contributed by atoms with Crippen molar-refractivity contribution in [1.29, 1.82) is 0 Å².